The maximum atomic E-state index is 12.5. The predicted molar refractivity (Wildman–Crippen MR) is 143 cm³/mol. The quantitative estimate of drug-likeness (QED) is 0.364. The molecule has 4 heterocycles. The van der Waals surface area contributed by atoms with Crippen LogP contribution >= 0.6 is 0 Å². The fraction of sp³-hybridized carbons (Fsp3) is 0.259. The van der Waals surface area contributed by atoms with Gasteiger partial charge in [0.25, 0.3) is 0 Å². The lowest BCUT2D eigenvalue weighted by molar-refractivity contribution is 0.122. The first-order valence-electron chi connectivity index (χ1n) is 12.2. The van der Waals surface area contributed by atoms with E-state index in [1.54, 1.807) is 13.8 Å². The first-order chi connectivity index (χ1) is 18.0. The van der Waals surface area contributed by atoms with Gasteiger partial charge >= 0.3 is 6.03 Å². The molecule has 1 aliphatic rings. The molecule has 0 aliphatic carbocycles. The van der Waals surface area contributed by atoms with E-state index in [-0.39, 0.29) is 6.03 Å². The number of amides is 2. The summed E-state index contributed by atoms with van der Waals surface area (Å²) in [5.74, 6) is 2.10. The van der Waals surface area contributed by atoms with Crippen molar-refractivity contribution in [1.82, 2.24) is 19.7 Å². The van der Waals surface area contributed by atoms with Crippen LogP contribution in [0.3, 0.4) is 0 Å². The van der Waals surface area contributed by atoms with Crippen LogP contribution in [0.4, 0.5) is 22.0 Å². The zero-order valence-electron chi connectivity index (χ0n) is 20.9. The van der Waals surface area contributed by atoms with Crippen molar-refractivity contribution >= 4 is 45.0 Å². The molecule has 3 aromatic heterocycles. The Bertz CT molecular complexity index is 1600. The third kappa shape index (κ3) is 4.25. The number of fused-ring (bicyclic) bond motifs is 3. The largest absolute Gasteiger partial charge is 0.378 e. The maximum absolute atomic E-state index is 12.5. The molecule has 0 atom stereocenters. The Labute approximate surface area is 213 Å². The van der Waals surface area contributed by atoms with Crippen molar-refractivity contribution in [2.75, 3.05) is 41.8 Å². The van der Waals surface area contributed by atoms with Gasteiger partial charge in [0.05, 0.1) is 18.7 Å². The van der Waals surface area contributed by atoms with Gasteiger partial charge in [-0.15, -0.1) is 0 Å². The number of carbonyl (C=O) groups is 1. The Morgan fingerprint density at radius 1 is 0.946 bits per heavy atom. The Balaban J connectivity index is 1.34. The van der Waals surface area contributed by atoms with Crippen LogP contribution in [0.25, 0.3) is 33.2 Å². The van der Waals surface area contributed by atoms with E-state index in [9.17, 15) is 4.79 Å². The van der Waals surface area contributed by atoms with Crippen LogP contribution in [0.2, 0.25) is 0 Å². The van der Waals surface area contributed by atoms with Crippen LogP contribution in [0.5, 0.6) is 0 Å². The van der Waals surface area contributed by atoms with Gasteiger partial charge in [-0.05, 0) is 56.3 Å². The lowest BCUT2D eigenvalue weighted by Crippen LogP contribution is -2.37. The Hall–Kier alpha value is -4.44. The highest BCUT2D eigenvalue weighted by atomic mass is 16.5. The van der Waals surface area contributed by atoms with Gasteiger partial charge in [-0.25, -0.2) is 14.8 Å². The van der Waals surface area contributed by atoms with E-state index in [0.717, 1.165) is 46.3 Å². The van der Waals surface area contributed by atoms with E-state index in [4.69, 9.17) is 19.2 Å². The number of aromatic nitrogens is 4. The summed E-state index contributed by atoms with van der Waals surface area (Å²) in [4.78, 5) is 24.8. The van der Waals surface area contributed by atoms with Gasteiger partial charge in [0.1, 0.15) is 17.2 Å². The number of nitrogens with one attached hydrogen (secondary N) is 2. The molecule has 2 aromatic carbocycles. The van der Waals surface area contributed by atoms with Crippen LogP contribution in [0, 0.1) is 13.8 Å². The van der Waals surface area contributed by atoms with E-state index in [0.29, 0.717) is 41.9 Å². The number of nitrogens with zero attached hydrogens (tertiary/aromatic N) is 5. The topological polar surface area (TPSA) is 110 Å². The molecule has 5 aromatic rings. The molecule has 6 rings (SSSR count). The molecule has 10 heteroatoms. The number of hydrogen-bond donors (Lipinski definition) is 2. The van der Waals surface area contributed by atoms with Crippen molar-refractivity contribution in [2.24, 2.45) is 7.05 Å². The molecule has 10 nitrogen and oxygen atoms in total. The maximum Gasteiger partial charge on any atom is 0.323 e. The van der Waals surface area contributed by atoms with Gasteiger partial charge in [-0.3, -0.25) is 0 Å². The summed E-state index contributed by atoms with van der Waals surface area (Å²) in [6.07, 6.45) is 2.05. The van der Waals surface area contributed by atoms with Crippen LogP contribution in [-0.2, 0) is 11.8 Å². The first kappa shape index (κ1) is 23.0. The van der Waals surface area contributed by atoms with E-state index in [2.05, 4.69) is 43.5 Å². The summed E-state index contributed by atoms with van der Waals surface area (Å²) in [5.41, 5.74) is 4.75. The zero-order chi connectivity index (χ0) is 25.5. The lowest BCUT2D eigenvalue weighted by atomic mass is 10.1. The van der Waals surface area contributed by atoms with Crippen LogP contribution in [-0.4, -0.2) is 52.0 Å². The van der Waals surface area contributed by atoms with Crippen molar-refractivity contribution < 1.29 is 14.1 Å². The van der Waals surface area contributed by atoms with Crippen molar-refractivity contribution in [3.8, 4) is 11.4 Å². The Kier molecular flexibility index (Phi) is 5.72. The van der Waals surface area contributed by atoms with Gasteiger partial charge in [-0.2, -0.15) is 0 Å². The summed E-state index contributed by atoms with van der Waals surface area (Å²) >= 11 is 0. The second-order valence-electron chi connectivity index (χ2n) is 9.15. The molecule has 37 heavy (non-hydrogen) atoms. The number of hydrogen-bond acceptors (Lipinski definition) is 7. The van der Waals surface area contributed by atoms with Gasteiger partial charge in [0, 0.05) is 53.9 Å². The molecular weight excluding hydrogens is 470 g/mol. The predicted octanol–water partition coefficient (Wildman–Crippen LogP) is 4.87. The molecule has 2 N–H and O–H groups in total. The van der Waals surface area contributed by atoms with Crippen LogP contribution in [0.1, 0.15) is 11.5 Å². The monoisotopic (exact) mass is 497 g/mol. The Morgan fingerprint density at radius 2 is 1.73 bits per heavy atom. The average molecular weight is 498 g/mol. The molecule has 1 fully saturated rings. The summed E-state index contributed by atoms with van der Waals surface area (Å²) in [6, 6.07) is 13.5. The molecule has 1 aliphatic heterocycles. The molecule has 188 valence electrons. The minimum absolute atomic E-state index is 0.370. The highest BCUT2D eigenvalue weighted by Crippen LogP contribution is 2.33. The average Bonchev–Trinajstić information content (AvgIpc) is 3.46. The Morgan fingerprint density at radius 3 is 2.46 bits per heavy atom. The smallest absolute Gasteiger partial charge is 0.323 e. The van der Waals surface area contributed by atoms with Crippen molar-refractivity contribution in [2.45, 2.75) is 13.8 Å². The second kappa shape index (κ2) is 9.21. The molecule has 2 amide bonds. The number of anilines is 3. The number of benzene rings is 2. The van der Waals surface area contributed by atoms with Gasteiger partial charge in [0.2, 0.25) is 0 Å². The number of rotatable bonds is 4. The minimum atomic E-state index is -0.370. The third-order valence-electron chi connectivity index (χ3n) is 6.69. The number of carbonyl (C=O) groups excluding carboxylic acids is 1. The first-order valence-corrected chi connectivity index (χ1v) is 12.2. The summed E-state index contributed by atoms with van der Waals surface area (Å²) in [7, 11) is 2.03. The zero-order valence-corrected chi connectivity index (χ0v) is 20.9. The molecule has 0 unspecified atom stereocenters. The van der Waals surface area contributed by atoms with Crippen LogP contribution in [0.15, 0.2) is 53.2 Å². The van der Waals surface area contributed by atoms with Crippen molar-refractivity contribution in [1.29, 1.82) is 0 Å². The highest BCUT2D eigenvalue weighted by molar-refractivity contribution is 6.08. The molecule has 0 spiro atoms. The normalized spacial score (nSPS) is 13.9. The lowest BCUT2D eigenvalue weighted by Gasteiger charge is -2.29. The summed E-state index contributed by atoms with van der Waals surface area (Å²) in [5, 5.41) is 11.6. The second-order valence-corrected chi connectivity index (χ2v) is 9.15. The fourth-order valence-electron chi connectivity index (χ4n) is 4.71. The highest BCUT2D eigenvalue weighted by Gasteiger charge is 2.20. The fourth-order valence-corrected chi connectivity index (χ4v) is 4.71. The van der Waals surface area contributed by atoms with Gasteiger partial charge < -0.3 is 29.4 Å². The van der Waals surface area contributed by atoms with Crippen LogP contribution < -0.4 is 15.5 Å². The molecular formula is C27H27N7O3. The number of morpholine rings is 1. The van der Waals surface area contributed by atoms with E-state index >= 15 is 0 Å². The standard InChI is InChI=1S/C27H27N7O3/c1-16-23(17(2)37-32-16)30-27(35)28-19-6-4-18(5-7-19)25-29-24-20-10-11-33(3)22(20)9-8-21(24)26(31-25)34-12-14-36-15-13-34/h4-11H,12-15H2,1-3H3,(H2,28,30,35). The van der Waals surface area contributed by atoms with E-state index in [1.807, 2.05) is 37.5 Å². The third-order valence-corrected chi connectivity index (χ3v) is 6.69. The number of urea groups is 1. The molecule has 0 radical (unpaired) electrons. The molecule has 0 saturated carbocycles. The van der Waals surface area contributed by atoms with Gasteiger partial charge in [-0.1, -0.05) is 5.16 Å². The van der Waals surface area contributed by atoms with Gasteiger partial charge in [0.15, 0.2) is 11.6 Å². The van der Waals surface area contributed by atoms with Crippen molar-refractivity contribution in [3.63, 3.8) is 0 Å². The van der Waals surface area contributed by atoms with Crippen molar-refractivity contribution in [3.05, 3.63) is 60.1 Å². The molecule has 1 saturated heterocycles. The van der Waals surface area contributed by atoms with E-state index in [1.165, 1.54) is 0 Å². The number of ether oxygens (including phenoxy) is 1. The summed E-state index contributed by atoms with van der Waals surface area (Å²) in [6.45, 7) is 6.43. The van der Waals surface area contributed by atoms with E-state index < -0.39 is 0 Å². The molecule has 0 bridgehead atoms. The SMILES string of the molecule is Cc1noc(C)c1NC(=O)Nc1ccc(-c2nc(N3CCOCC3)c3ccc4c(ccn4C)c3n2)cc1. The number of aryl methyl sites for hydroxylation is 3. The minimum Gasteiger partial charge on any atom is -0.378 e. The summed E-state index contributed by atoms with van der Waals surface area (Å²) < 4.78 is 12.8.